The maximum atomic E-state index is 13.4. The number of pyridine rings is 1. The maximum absolute atomic E-state index is 13.4. The van der Waals surface area contributed by atoms with E-state index in [1.54, 1.807) is 22.7 Å². The van der Waals surface area contributed by atoms with Gasteiger partial charge in [0.1, 0.15) is 23.9 Å². The molecule has 0 saturated carbocycles. The van der Waals surface area contributed by atoms with E-state index < -0.39 is 36.1 Å². The molecule has 2 aromatic carbocycles. The van der Waals surface area contributed by atoms with Crippen molar-refractivity contribution in [1.82, 2.24) is 14.7 Å². The minimum absolute atomic E-state index is 0.119. The average Bonchev–Trinajstić information content (AvgIpc) is 3.26. The van der Waals surface area contributed by atoms with Gasteiger partial charge in [0.25, 0.3) is 5.91 Å². The van der Waals surface area contributed by atoms with E-state index in [-0.39, 0.29) is 12.1 Å². The summed E-state index contributed by atoms with van der Waals surface area (Å²) in [7, 11) is 1.29. The Morgan fingerprint density at radius 3 is 2.44 bits per heavy atom. The summed E-state index contributed by atoms with van der Waals surface area (Å²) < 4.78 is 19.8. The number of methoxy groups -OCH3 is 1. The van der Waals surface area contributed by atoms with Crippen LogP contribution in [0.15, 0.2) is 72.9 Å². The highest BCUT2D eigenvalue weighted by Gasteiger charge is 2.23. The van der Waals surface area contributed by atoms with Crippen molar-refractivity contribution in [3.05, 3.63) is 89.9 Å². The topological polar surface area (TPSA) is 122 Å². The summed E-state index contributed by atoms with van der Waals surface area (Å²) >= 11 is 0. The number of halogens is 1. The first-order valence-electron chi connectivity index (χ1n) is 11.0. The van der Waals surface area contributed by atoms with Crippen LogP contribution in [0.5, 0.6) is 0 Å². The molecule has 4 rings (SSSR count). The number of nitrogens with zero attached hydrogens (tertiary/aromatic N) is 2. The van der Waals surface area contributed by atoms with E-state index in [1.165, 1.54) is 31.4 Å². The molecular weight excluding hydrogens is 467 g/mol. The van der Waals surface area contributed by atoms with E-state index in [4.69, 9.17) is 4.74 Å². The van der Waals surface area contributed by atoms with Crippen molar-refractivity contribution >= 4 is 29.3 Å². The lowest BCUT2D eigenvalue weighted by Gasteiger charge is -2.18. The maximum Gasteiger partial charge on any atom is 0.325 e. The van der Waals surface area contributed by atoms with Crippen molar-refractivity contribution in [3.63, 3.8) is 0 Å². The molecule has 0 aliphatic carbocycles. The molecule has 0 spiro atoms. The average molecular weight is 490 g/mol. The van der Waals surface area contributed by atoms with Crippen LogP contribution in [0.25, 0.3) is 16.9 Å². The number of carboxylic acids is 1. The first-order valence-corrected chi connectivity index (χ1v) is 11.0. The molecule has 2 aromatic heterocycles. The molecule has 0 radical (unpaired) electrons. The summed E-state index contributed by atoms with van der Waals surface area (Å²) in [5.74, 6) is -2.14. The minimum atomic E-state index is -1.12. The first-order chi connectivity index (χ1) is 17.4. The Morgan fingerprint density at radius 2 is 1.78 bits per heavy atom. The number of carbonyl (C=O) groups excluding carboxylic acids is 2. The molecule has 3 N–H and O–H groups in total. The smallest absolute Gasteiger partial charge is 0.325 e. The summed E-state index contributed by atoms with van der Waals surface area (Å²) in [5.41, 5.74) is 2.22. The van der Waals surface area contributed by atoms with Crippen LogP contribution in [-0.4, -0.2) is 46.0 Å². The molecule has 0 aliphatic heterocycles. The molecule has 10 heteroatoms. The summed E-state index contributed by atoms with van der Waals surface area (Å²) in [5, 5.41) is 15.1. The molecule has 0 saturated heterocycles. The molecule has 36 heavy (non-hydrogen) atoms. The molecule has 4 aromatic rings. The van der Waals surface area contributed by atoms with Gasteiger partial charge in [0.05, 0.1) is 25.1 Å². The molecule has 0 bridgehead atoms. The van der Waals surface area contributed by atoms with Crippen molar-refractivity contribution in [3.8, 4) is 11.3 Å². The van der Waals surface area contributed by atoms with Crippen LogP contribution in [-0.2, 0) is 14.3 Å². The zero-order valence-electron chi connectivity index (χ0n) is 19.3. The number of aromatic nitrogens is 2. The van der Waals surface area contributed by atoms with Gasteiger partial charge < -0.3 is 20.5 Å². The second-order valence-corrected chi connectivity index (χ2v) is 7.90. The van der Waals surface area contributed by atoms with E-state index in [1.807, 2.05) is 30.3 Å². The van der Waals surface area contributed by atoms with Crippen LogP contribution in [0.3, 0.4) is 0 Å². The Kier molecular flexibility index (Phi) is 7.24. The number of ether oxygens (including phenoxy) is 1. The van der Waals surface area contributed by atoms with Gasteiger partial charge >= 0.3 is 11.9 Å². The van der Waals surface area contributed by atoms with Gasteiger partial charge in [0.15, 0.2) is 5.65 Å². The van der Waals surface area contributed by atoms with Gasteiger partial charge in [-0.05, 0) is 29.8 Å². The largest absolute Gasteiger partial charge is 0.481 e. The number of amides is 1. The number of hydrogen-bond acceptors (Lipinski definition) is 6. The zero-order valence-corrected chi connectivity index (χ0v) is 19.3. The predicted octanol–water partition coefficient (Wildman–Crippen LogP) is 3.67. The number of hydrogen-bond donors (Lipinski definition) is 3. The fraction of sp³-hybridized carbons (Fsp3) is 0.154. The van der Waals surface area contributed by atoms with E-state index in [9.17, 15) is 23.9 Å². The quantitative estimate of drug-likeness (QED) is 0.306. The van der Waals surface area contributed by atoms with E-state index >= 15 is 0 Å². The van der Waals surface area contributed by atoms with Gasteiger partial charge in [-0.1, -0.05) is 42.5 Å². The highest BCUT2D eigenvalue weighted by Crippen LogP contribution is 2.30. The molecule has 2 heterocycles. The fourth-order valence-electron chi connectivity index (χ4n) is 3.80. The molecule has 1 atom stereocenters. The van der Waals surface area contributed by atoms with Crippen LogP contribution in [0, 0.1) is 5.82 Å². The number of benzene rings is 2. The number of carboxylic acid groups (broad SMARTS) is 1. The van der Waals surface area contributed by atoms with Crippen molar-refractivity contribution in [2.75, 3.05) is 19.0 Å². The lowest BCUT2D eigenvalue weighted by Crippen LogP contribution is -2.30. The molecule has 9 nitrogen and oxygen atoms in total. The third kappa shape index (κ3) is 5.33. The number of anilines is 1. The second kappa shape index (κ2) is 10.7. The molecule has 0 aliphatic rings. The molecule has 184 valence electrons. The Morgan fingerprint density at radius 1 is 1.06 bits per heavy atom. The molecular formula is C26H23FN4O5. The molecule has 1 amide bonds. The summed E-state index contributed by atoms with van der Waals surface area (Å²) in [6, 6.07) is 16.8. The summed E-state index contributed by atoms with van der Waals surface area (Å²) in [6.45, 7) is -0.119. The number of carbonyl (C=O) groups is 3. The number of nitrogens with one attached hydrogen (secondary N) is 2. The number of aliphatic carboxylic acids is 1. The lowest BCUT2D eigenvalue weighted by molar-refractivity contribution is -0.139. The Labute approximate surface area is 205 Å². The number of imidazole rings is 1. The van der Waals surface area contributed by atoms with E-state index in [2.05, 4.69) is 15.6 Å². The van der Waals surface area contributed by atoms with Crippen LogP contribution in [0.2, 0.25) is 0 Å². The second-order valence-electron chi connectivity index (χ2n) is 7.90. The van der Waals surface area contributed by atoms with E-state index in [0.717, 1.165) is 5.56 Å². The third-order valence-electron chi connectivity index (χ3n) is 5.53. The minimum Gasteiger partial charge on any atom is -0.481 e. The summed E-state index contributed by atoms with van der Waals surface area (Å²) in [4.78, 5) is 41.2. The van der Waals surface area contributed by atoms with Crippen molar-refractivity contribution < 1.29 is 28.6 Å². The summed E-state index contributed by atoms with van der Waals surface area (Å²) in [6.07, 6.45) is 1.30. The molecule has 0 fully saturated rings. The van der Waals surface area contributed by atoms with Gasteiger partial charge in [-0.2, -0.15) is 0 Å². The lowest BCUT2D eigenvalue weighted by atomic mass is 10.0. The Balaban J connectivity index is 1.74. The van der Waals surface area contributed by atoms with Crippen LogP contribution in [0.4, 0.5) is 10.2 Å². The van der Waals surface area contributed by atoms with Crippen molar-refractivity contribution in [2.45, 2.75) is 12.5 Å². The van der Waals surface area contributed by atoms with Gasteiger partial charge in [-0.25, -0.2) is 9.37 Å². The number of esters is 1. The van der Waals surface area contributed by atoms with Crippen LogP contribution >= 0.6 is 0 Å². The monoisotopic (exact) mass is 490 g/mol. The van der Waals surface area contributed by atoms with Crippen molar-refractivity contribution in [2.24, 2.45) is 0 Å². The van der Waals surface area contributed by atoms with Crippen LogP contribution in [0.1, 0.15) is 28.4 Å². The van der Waals surface area contributed by atoms with Gasteiger partial charge in [-0.3, -0.25) is 18.8 Å². The first kappa shape index (κ1) is 24.4. The SMILES string of the molecule is COC(=O)CNc1c(-c2ccccc2)nc2c(C(=O)NC(CC(=O)O)c3ccc(F)cc3)cccn12. The zero-order chi connectivity index (χ0) is 25.7. The Bertz CT molecular complexity index is 1400. The van der Waals surface area contributed by atoms with Gasteiger partial charge in [-0.15, -0.1) is 0 Å². The van der Waals surface area contributed by atoms with Gasteiger partial charge in [0.2, 0.25) is 0 Å². The predicted molar refractivity (Wildman–Crippen MR) is 130 cm³/mol. The van der Waals surface area contributed by atoms with Crippen LogP contribution < -0.4 is 10.6 Å². The highest BCUT2D eigenvalue weighted by molar-refractivity contribution is 6.01. The fourth-order valence-corrected chi connectivity index (χ4v) is 3.80. The Hall–Kier alpha value is -4.73. The standard InChI is InChI=1S/C26H23FN4O5/c1-36-22(34)15-28-25-23(17-6-3-2-4-7-17)30-24-19(8-5-13-31(24)25)26(35)29-20(14-21(32)33)16-9-11-18(27)12-10-16/h2-13,20,28H,14-15H2,1H3,(H,29,35)(H,32,33). The van der Waals surface area contributed by atoms with E-state index in [0.29, 0.717) is 22.7 Å². The van der Waals surface area contributed by atoms with Gasteiger partial charge in [0, 0.05) is 11.8 Å². The molecule has 1 unspecified atom stereocenters. The van der Waals surface area contributed by atoms with Crippen molar-refractivity contribution in [1.29, 1.82) is 0 Å². The normalized spacial score (nSPS) is 11.6. The number of rotatable bonds is 9. The third-order valence-corrected chi connectivity index (χ3v) is 5.53. The number of fused-ring (bicyclic) bond motifs is 1. The highest BCUT2D eigenvalue weighted by atomic mass is 19.1.